The molecule has 0 N–H and O–H groups in total. The fourth-order valence-electron chi connectivity index (χ4n) is 8.28. The lowest BCUT2D eigenvalue weighted by molar-refractivity contribution is -0.371. The van der Waals surface area contributed by atoms with Gasteiger partial charge < -0.3 is 66.0 Å². The SMILES string of the molecule is CC(=O)OC[C@H]1O[C@@H](O[C@@H]2[C@@H](N=[N+]=[N-])[C@H](O[Si](C)(C)C(C)(C)C(C)C)O[C@H](COC(C)=O)[C@H]2O[C@@H]2O[C@@H](C)[C@@H](OC(C)=O)[C@@H](OC(C)=O)[C@@H]2OCc2ccccc2)[C@H](OC(C)=O)[C@@H](OC(C)=O)[C@H]1OC(C)=O. The zero-order valence-electron chi connectivity index (χ0n) is 43.2. The van der Waals surface area contributed by atoms with Gasteiger partial charge in [-0.1, -0.05) is 63.1 Å². The van der Waals surface area contributed by atoms with Crippen molar-refractivity contribution in [1.29, 1.82) is 0 Å². The fraction of sp³-hybridized carbons (Fsp3) is 0.723. The number of carbonyl (C=O) groups excluding carboxylic acids is 7. The van der Waals surface area contributed by atoms with Crippen molar-refractivity contribution in [2.45, 2.75) is 200 Å². The van der Waals surface area contributed by atoms with Gasteiger partial charge in [0.15, 0.2) is 57.7 Å². The minimum absolute atomic E-state index is 0.0533. The number of carbonyl (C=O) groups is 7. The van der Waals surface area contributed by atoms with Crippen LogP contribution in [0.15, 0.2) is 35.4 Å². The molecule has 0 amide bonds. The monoisotopic (exact) mass is 1040 g/mol. The molecule has 0 unspecified atom stereocenters. The molecule has 3 saturated heterocycles. The highest BCUT2D eigenvalue weighted by molar-refractivity contribution is 6.74. The van der Waals surface area contributed by atoms with Crippen LogP contribution in [0, 0.1) is 5.92 Å². The maximum Gasteiger partial charge on any atom is 0.303 e. The van der Waals surface area contributed by atoms with Crippen LogP contribution in [0.3, 0.4) is 0 Å². The highest BCUT2D eigenvalue weighted by Gasteiger charge is 2.59. The summed E-state index contributed by atoms with van der Waals surface area (Å²) in [5, 5.41) is 3.66. The molecule has 0 radical (unpaired) electrons. The minimum Gasteiger partial charge on any atom is -0.463 e. The third-order valence-corrected chi connectivity index (χ3v) is 17.3. The molecule has 3 heterocycles. The van der Waals surface area contributed by atoms with E-state index in [1.165, 1.54) is 6.92 Å². The molecule has 402 valence electrons. The van der Waals surface area contributed by atoms with Crippen molar-refractivity contribution in [2.24, 2.45) is 11.0 Å². The first-order valence-corrected chi connectivity index (χ1v) is 26.4. The van der Waals surface area contributed by atoms with Gasteiger partial charge in [0.05, 0.1) is 12.7 Å². The Morgan fingerprint density at radius 2 is 1.06 bits per heavy atom. The second-order valence-electron chi connectivity index (χ2n) is 18.9. The lowest BCUT2D eigenvalue weighted by atomic mass is 9.94. The number of rotatable bonds is 21. The number of hydrogen-bond acceptors (Lipinski definition) is 22. The maximum atomic E-state index is 13.0. The Balaban J connectivity index is 2.03. The Morgan fingerprint density at radius 1 is 0.611 bits per heavy atom. The topological polar surface area (TPSA) is 297 Å². The van der Waals surface area contributed by atoms with Crippen LogP contribution in [0.4, 0.5) is 0 Å². The van der Waals surface area contributed by atoms with Crippen molar-refractivity contribution in [3.63, 3.8) is 0 Å². The van der Waals surface area contributed by atoms with Crippen LogP contribution in [0.1, 0.15) is 88.6 Å². The second kappa shape index (κ2) is 26.1. The van der Waals surface area contributed by atoms with Crippen LogP contribution in [-0.2, 0) is 106 Å². The van der Waals surface area contributed by atoms with Crippen molar-refractivity contribution >= 4 is 50.1 Å². The molecule has 3 aliphatic heterocycles. The van der Waals surface area contributed by atoms with Gasteiger partial charge in [-0.3, -0.25) is 33.6 Å². The van der Waals surface area contributed by atoms with E-state index in [-0.39, 0.29) is 12.5 Å². The molecule has 25 heteroatoms. The van der Waals surface area contributed by atoms with Gasteiger partial charge in [0.2, 0.25) is 0 Å². The highest BCUT2D eigenvalue weighted by atomic mass is 28.4. The van der Waals surface area contributed by atoms with Crippen LogP contribution >= 0.6 is 0 Å². The average molecular weight is 1040 g/mol. The largest absolute Gasteiger partial charge is 0.463 e. The second-order valence-corrected chi connectivity index (χ2v) is 23.5. The van der Waals surface area contributed by atoms with Gasteiger partial charge in [0.1, 0.15) is 49.8 Å². The van der Waals surface area contributed by atoms with Crippen molar-refractivity contribution in [3.05, 3.63) is 46.3 Å². The third-order valence-electron chi connectivity index (χ3n) is 12.8. The Morgan fingerprint density at radius 3 is 1.56 bits per heavy atom. The minimum atomic E-state index is -3.01. The Hall–Kier alpha value is -5.24. The standard InChI is InChI=1S/C47H69N3O21Si/c1-23(2)47(11,12)72(13,14)71-44-35(49-50-48)39(70-46-43(66-31(10)57)41(65-30(9)56)38(63-28(7)54)34(68-46)22-59-26(5)52)37(33(67-44)21-58-25(4)51)69-45-42(60-20-32-18-16-15-17-19-32)40(64-29(8)55)36(24(3)61-45)62-27(6)53/h15-19,23-24,33-46H,20-22H2,1-14H3/t24-,33+,34+,35+,36+,37+,38-,39+,40+,41-,42-,43+,44-,45-,46-/m0/s1. The maximum absolute atomic E-state index is 13.0. The van der Waals surface area contributed by atoms with Crippen LogP contribution < -0.4 is 0 Å². The summed E-state index contributed by atoms with van der Waals surface area (Å²) >= 11 is 0. The van der Waals surface area contributed by atoms with Gasteiger partial charge in [0, 0.05) is 53.4 Å². The number of esters is 7. The van der Waals surface area contributed by atoms with E-state index in [0.29, 0.717) is 5.56 Å². The van der Waals surface area contributed by atoms with Crippen LogP contribution in [0.2, 0.25) is 18.1 Å². The van der Waals surface area contributed by atoms with Crippen LogP contribution in [0.5, 0.6) is 0 Å². The molecule has 0 bridgehead atoms. The molecule has 0 spiro atoms. The first-order valence-electron chi connectivity index (χ1n) is 23.4. The molecule has 72 heavy (non-hydrogen) atoms. The van der Waals surface area contributed by atoms with Crippen LogP contribution in [-0.4, -0.2) is 155 Å². The molecule has 0 aromatic heterocycles. The molecule has 0 saturated carbocycles. The predicted molar refractivity (Wildman–Crippen MR) is 248 cm³/mol. The zero-order chi connectivity index (χ0) is 53.8. The summed E-state index contributed by atoms with van der Waals surface area (Å²) in [6.45, 7) is 19.9. The molecule has 24 nitrogen and oxygen atoms in total. The molecule has 4 rings (SSSR count). The van der Waals surface area contributed by atoms with Gasteiger partial charge in [-0.05, 0) is 42.1 Å². The molecule has 3 aliphatic rings. The number of nitrogens with zero attached hydrogens (tertiary/aromatic N) is 3. The van der Waals surface area contributed by atoms with E-state index in [9.17, 15) is 39.1 Å². The normalized spacial score (nSPS) is 30.7. The fourth-order valence-corrected chi connectivity index (χ4v) is 10.7. The van der Waals surface area contributed by atoms with Gasteiger partial charge in [0.25, 0.3) is 0 Å². The molecular formula is C47H69N3O21Si. The first-order chi connectivity index (χ1) is 33.7. The van der Waals surface area contributed by atoms with Gasteiger partial charge in [-0.15, -0.1) is 0 Å². The number of azide groups is 1. The number of ether oxygens (including phenoxy) is 13. The smallest absolute Gasteiger partial charge is 0.303 e. The van der Waals surface area contributed by atoms with Gasteiger partial charge in [-0.25, -0.2) is 0 Å². The first kappa shape index (κ1) is 59.3. The summed E-state index contributed by atoms with van der Waals surface area (Å²) in [6, 6.07) is 7.29. The van der Waals surface area contributed by atoms with E-state index >= 15 is 0 Å². The van der Waals surface area contributed by atoms with Crippen molar-refractivity contribution in [1.82, 2.24) is 0 Å². The molecule has 0 aliphatic carbocycles. The average Bonchev–Trinajstić information content (AvgIpc) is 3.26. The lowest BCUT2D eigenvalue weighted by Gasteiger charge is -2.52. The van der Waals surface area contributed by atoms with E-state index in [2.05, 4.69) is 10.0 Å². The van der Waals surface area contributed by atoms with E-state index in [4.69, 9.17) is 66.0 Å². The molecule has 3 fully saturated rings. The summed E-state index contributed by atoms with van der Waals surface area (Å²) in [7, 11) is -3.01. The Labute approximate surface area is 419 Å². The van der Waals surface area contributed by atoms with E-state index in [1.807, 2.05) is 40.8 Å². The summed E-state index contributed by atoms with van der Waals surface area (Å²) in [5.41, 5.74) is 11.0. The molecule has 1 aromatic rings. The molecule has 1 aromatic carbocycles. The highest BCUT2D eigenvalue weighted by Crippen LogP contribution is 2.47. The summed E-state index contributed by atoms with van der Waals surface area (Å²) < 4.78 is 85.9. The quantitative estimate of drug-likeness (QED) is 0.0404. The Bertz CT molecular complexity index is 2100. The van der Waals surface area contributed by atoms with Crippen molar-refractivity contribution in [2.75, 3.05) is 13.2 Å². The summed E-state index contributed by atoms with van der Waals surface area (Å²) in [5.74, 6) is -5.73. The van der Waals surface area contributed by atoms with Gasteiger partial charge in [-0.2, -0.15) is 0 Å². The summed E-state index contributed by atoms with van der Waals surface area (Å²) in [6.07, 6.45) is -21.5. The molecule has 15 atom stereocenters. The van der Waals surface area contributed by atoms with Crippen molar-refractivity contribution < 1.29 is 99.6 Å². The molecular weight excluding hydrogens is 971 g/mol. The van der Waals surface area contributed by atoms with E-state index < -0.39 is 160 Å². The van der Waals surface area contributed by atoms with E-state index in [1.54, 1.807) is 30.3 Å². The zero-order valence-corrected chi connectivity index (χ0v) is 44.2. The van der Waals surface area contributed by atoms with E-state index in [0.717, 1.165) is 48.5 Å². The predicted octanol–water partition coefficient (Wildman–Crippen LogP) is 4.66. The van der Waals surface area contributed by atoms with Gasteiger partial charge >= 0.3 is 41.8 Å². The number of hydrogen-bond donors (Lipinski definition) is 0. The van der Waals surface area contributed by atoms with Crippen LogP contribution in [0.25, 0.3) is 10.4 Å². The lowest BCUT2D eigenvalue weighted by Crippen LogP contribution is -2.68. The Kier molecular flexibility index (Phi) is 21.5. The van der Waals surface area contributed by atoms with Crippen molar-refractivity contribution in [3.8, 4) is 0 Å². The summed E-state index contributed by atoms with van der Waals surface area (Å²) in [4.78, 5) is 91.7. The number of benzene rings is 1. The third kappa shape index (κ3) is 15.9.